The molecule has 23 heavy (non-hydrogen) atoms. The first-order valence-corrected chi connectivity index (χ1v) is 8.30. The highest BCUT2D eigenvalue weighted by Crippen LogP contribution is 2.19. The number of nitrogens with one attached hydrogen (secondary N) is 2. The van der Waals surface area contributed by atoms with Crippen molar-refractivity contribution in [3.63, 3.8) is 0 Å². The highest BCUT2D eigenvalue weighted by Gasteiger charge is 2.27. The van der Waals surface area contributed by atoms with E-state index in [2.05, 4.69) is 10.6 Å². The molecule has 0 unspecified atom stereocenters. The molecule has 0 bridgehead atoms. The van der Waals surface area contributed by atoms with Crippen LogP contribution in [0.2, 0.25) is 0 Å². The Bertz CT molecular complexity index is 541. The zero-order valence-electron chi connectivity index (χ0n) is 13.2. The molecule has 3 rings (SSSR count). The summed E-state index contributed by atoms with van der Waals surface area (Å²) in [6.45, 7) is 3.31. The number of hydrogen-bond donors (Lipinski definition) is 2. The minimum Gasteiger partial charge on any atom is -0.352 e. The number of benzene rings is 1. The van der Waals surface area contributed by atoms with Gasteiger partial charge in [0.25, 0.3) is 0 Å². The van der Waals surface area contributed by atoms with Gasteiger partial charge in [-0.15, -0.1) is 0 Å². The Hall–Kier alpha value is -1.53. The molecule has 2 aliphatic rings. The summed E-state index contributed by atoms with van der Waals surface area (Å²) in [6, 6.07) is 4.01. The fourth-order valence-electron chi connectivity index (χ4n) is 3.42. The standard InChI is InChI=1S/C17H23F2N3O/c18-15-4-1-5-16(19)14(15)11-22-8-2-3-13(10-22)21-17(23)12-6-7-20-9-12/h1,4-5,12-13,20H,2-3,6-11H2,(H,21,23)/t12-,13-/m1/s1. The molecule has 1 amide bonds. The Morgan fingerprint density at radius 2 is 2.09 bits per heavy atom. The predicted molar refractivity (Wildman–Crippen MR) is 83.8 cm³/mol. The van der Waals surface area contributed by atoms with Gasteiger partial charge in [-0.2, -0.15) is 0 Å². The van der Waals surface area contributed by atoms with Crippen molar-refractivity contribution in [3.05, 3.63) is 35.4 Å². The number of carbonyl (C=O) groups is 1. The molecule has 126 valence electrons. The minimum atomic E-state index is -0.506. The average Bonchev–Trinajstić information content (AvgIpc) is 3.06. The third-order valence-corrected chi connectivity index (χ3v) is 4.73. The van der Waals surface area contributed by atoms with Crippen molar-refractivity contribution >= 4 is 5.91 Å². The monoisotopic (exact) mass is 323 g/mol. The smallest absolute Gasteiger partial charge is 0.224 e. The minimum absolute atomic E-state index is 0.0504. The quantitative estimate of drug-likeness (QED) is 0.886. The van der Waals surface area contributed by atoms with E-state index in [4.69, 9.17) is 0 Å². The molecule has 2 aliphatic heterocycles. The Morgan fingerprint density at radius 3 is 2.78 bits per heavy atom. The van der Waals surface area contributed by atoms with Crippen molar-refractivity contribution < 1.29 is 13.6 Å². The average molecular weight is 323 g/mol. The van der Waals surface area contributed by atoms with Crippen LogP contribution >= 0.6 is 0 Å². The lowest BCUT2D eigenvalue weighted by atomic mass is 10.0. The largest absolute Gasteiger partial charge is 0.352 e. The van der Waals surface area contributed by atoms with Gasteiger partial charge in [0.05, 0.1) is 5.92 Å². The van der Waals surface area contributed by atoms with Crippen LogP contribution in [0.3, 0.4) is 0 Å². The molecule has 2 saturated heterocycles. The summed E-state index contributed by atoms with van der Waals surface area (Å²) >= 11 is 0. The lowest BCUT2D eigenvalue weighted by Crippen LogP contribution is -2.49. The van der Waals surface area contributed by atoms with Gasteiger partial charge in [-0.1, -0.05) is 6.07 Å². The molecule has 4 nitrogen and oxygen atoms in total. The van der Waals surface area contributed by atoms with Crippen LogP contribution in [0, 0.1) is 17.6 Å². The lowest BCUT2D eigenvalue weighted by molar-refractivity contribution is -0.125. The third-order valence-electron chi connectivity index (χ3n) is 4.73. The Kier molecular flexibility index (Phi) is 5.23. The summed E-state index contributed by atoms with van der Waals surface area (Å²) < 4.78 is 27.5. The third kappa shape index (κ3) is 4.06. The molecule has 0 spiro atoms. The van der Waals surface area contributed by atoms with E-state index in [1.54, 1.807) is 0 Å². The second-order valence-corrected chi connectivity index (χ2v) is 6.47. The molecule has 6 heteroatoms. The van der Waals surface area contributed by atoms with Crippen LogP contribution in [0.15, 0.2) is 18.2 Å². The number of halogens is 2. The van der Waals surface area contributed by atoms with Crippen molar-refractivity contribution in [2.45, 2.75) is 31.8 Å². The second-order valence-electron chi connectivity index (χ2n) is 6.47. The number of amides is 1. The van der Waals surface area contributed by atoms with Gasteiger partial charge in [-0.25, -0.2) is 8.78 Å². The topological polar surface area (TPSA) is 44.4 Å². The lowest BCUT2D eigenvalue weighted by Gasteiger charge is -2.33. The maximum Gasteiger partial charge on any atom is 0.224 e. The van der Waals surface area contributed by atoms with Crippen molar-refractivity contribution in [1.82, 2.24) is 15.5 Å². The zero-order chi connectivity index (χ0) is 16.2. The van der Waals surface area contributed by atoms with Gasteiger partial charge in [0.2, 0.25) is 5.91 Å². The van der Waals surface area contributed by atoms with Gasteiger partial charge in [0.1, 0.15) is 11.6 Å². The van der Waals surface area contributed by atoms with E-state index in [1.807, 2.05) is 4.90 Å². The molecule has 2 atom stereocenters. The Morgan fingerprint density at radius 1 is 1.30 bits per heavy atom. The fourth-order valence-corrected chi connectivity index (χ4v) is 3.42. The highest BCUT2D eigenvalue weighted by molar-refractivity contribution is 5.79. The van der Waals surface area contributed by atoms with Gasteiger partial charge < -0.3 is 10.6 Å². The number of rotatable bonds is 4. The van der Waals surface area contributed by atoms with Crippen LogP contribution in [0.1, 0.15) is 24.8 Å². The van der Waals surface area contributed by atoms with Gasteiger partial charge >= 0.3 is 0 Å². The second kappa shape index (κ2) is 7.36. The van der Waals surface area contributed by atoms with Crippen LogP contribution in [-0.2, 0) is 11.3 Å². The summed E-state index contributed by atoms with van der Waals surface area (Å²) in [4.78, 5) is 14.2. The van der Waals surface area contributed by atoms with Crippen molar-refractivity contribution in [2.75, 3.05) is 26.2 Å². The zero-order valence-corrected chi connectivity index (χ0v) is 13.2. The van der Waals surface area contributed by atoms with E-state index in [0.29, 0.717) is 6.54 Å². The molecular weight excluding hydrogens is 300 g/mol. The van der Waals surface area contributed by atoms with Gasteiger partial charge in [0.15, 0.2) is 0 Å². The van der Waals surface area contributed by atoms with Crippen LogP contribution in [0.4, 0.5) is 8.78 Å². The predicted octanol–water partition coefficient (Wildman–Crippen LogP) is 1.65. The van der Waals surface area contributed by atoms with Crippen LogP contribution in [-0.4, -0.2) is 43.0 Å². The molecule has 0 saturated carbocycles. The SMILES string of the molecule is O=C(N[C@@H]1CCCN(Cc2c(F)cccc2F)C1)[C@@H]1CCNC1. The number of carbonyl (C=O) groups excluding carboxylic acids is 1. The van der Waals surface area contributed by atoms with Crippen LogP contribution in [0.25, 0.3) is 0 Å². The van der Waals surface area contributed by atoms with Crippen LogP contribution < -0.4 is 10.6 Å². The molecule has 0 aliphatic carbocycles. The number of hydrogen-bond acceptors (Lipinski definition) is 3. The van der Waals surface area contributed by atoms with Crippen molar-refractivity contribution in [3.8, 4) is 0 Å². The molecular formula is C17H23F2N3O. The maximum atomic E-state index is 13.8. The van der Waals surface area contributed by atoms with Gasteiger partial charge in [-0.05, 0) is 44.5 Å². The molecule has 2 fully saturated rings. The Balaban J connectivity index is 1.56. The molecule has 0 aromatic heterocycles. The first-order chi connectivity index (χ1) is 11.1. The summed E-state index contributed by atoms with van der Waals surface area (Å²) in [5.41, 5.74) is 0.111. The first-order valence-electron chi connectivity index (χ1n) is 8.30. The molecule has 1 aromatic carbocycles. The normalized spacial score (nSPS) is 25.5. The number of likely N-dealkylation sites (tertiary alicyclic amines) is 1. The van der Waals surface area contributed by atoms with E-state index in [1.165, 1.54) is 18.2 Å². The summed E-state index contributed by atoms with van der Waals surface area (Å²) in [5, 5.41) is 6.29. The van der Waals surface area contributed by atoms with E-state index in [9.17, 15) is 13.6 Å². The van der Waals surface area contributed by atoms with Crippen molar-refractivity contribution in [2.24, 2.45) is 5.92 Å². The maximum absolute atomic E-state index is 13.8. The van der Waals surface area contributed by atoms with E-state index in [0.717, 1.165) is 38.9 Å². The van der Waals surface area contributed by atoms with E-state index >= 15 is 0 Å². The Labute approximate surface area is 135 Å². The van der Waals surface area contributed by atoms with Gasteiger partial charge in [0, 0.05) is 31.2 Å². The molecule has 2 heterocycles. The van der Waals surface area contributed by atoms with Crippen LogP contribution in [0.5, 0.6) is 0 Å². The summed E-state index contributed by atoms with van der Waals surface area (Å²) in [5.74, 6) is -0.866. The van der Waals surface area contributed by atoms with Gasteiger partial charge in [-0.3, -0.25) is 9.69 Å². The summed E-state index contributed by atoms with van der Waals surface area (Å²) in [6.07, 6.45) is 2.72. The molecule has 0 radical (unpaired) electrons. The molecule has 1 aromatic rings. The number of piperidine rings is 1. The fraction of sp³-hybridized carbons (Fsp3) is 0.588. The van der Waals surface area contributed by atoms with E-state index in [-0.39, 0.29) is 30.0 Å². The summed E-state index contributed by atoms with van der Waals surface area (Å²) in [7, 11) is 0. The van der Waals surface area contributed by atoms with E-state index < -0.39 is 11.6 Å². The van der Waals surface area contributed by atoms with Crippen molar-refractivity contribution in [1.29, 1.82) is 0 Å². The molecule has 2 N–H and O–H groups in total. The number of nitrogens with zero attached hydrogens (tertiary/aromatic N) is 1. The first kappa shape index (κ1) is 16.3. The highest BCUT2D eigenvalue weighted by atomic mass is 19.1.